The number of hydrogen-bond donors (Lipinski definition) is 1. The summed E-state index contributed by atoms with van der Waals surface area (Å²) in [7, 11) is 0. The van der Waals surface area contributed by atoms with E-state index < -0.39 is 52.5 Å². The van der Waals surface area contributed by atoms with E-state index in [4.69, 9.17) is 4.74 Å². The molecule has 11 heteroatoms. The third kappa shape index (κ3) is 3.07. The van der Waals surface area contributed by atoms with Gasteiger partial charge in [-0.25, -0.2) is 4.39 Å². The van der Waals surface area contributed by atoms with Gasteiger partial charge in [-0.05, 0) is 33.8 Å². The molecule has 0 aromatic heterocycles. The number of rotatable bonds is 4. The maximum atomic E-state index is 14.8. The molecule has 0 radical (unpaired) electrons. The molecule has 1 aliphatic rings. The summed E-state index contributed by atoms with van der Waals surface area (Å²) in [6, 6.07) is 4.74. The van der Waals surface area contributed by atoms with Crippen LogP contribution in [0.4, 0.5) is 39.5 Å². The quantitative estimate of drug-likeness (QED) is 0.609. The average molecular weight is 438 g/mol. The molecule has 0 spiro atoms. The predicted molar refractivity (Wildman–Crippen MR) is 84.6 cm³/mol. The summed E-state index contributed by atoms with van der Waals surface area (Å²) in [6.45, 7) is 5.18. The Morgan fingerprint density at radius 1 is 0.759 bits per heavy atom. The summed E-state index contributed by atoms with van der Waals surface area (Å²) in [5, 5.41) is 10.5. The zero-order chi connectivity index (χ0) is 22.9. The smallest absolute Gasteiger partial charge is 0.381 e. The molecule has 0 heterocycles. The molecular formula is C18H19F9O2. The lowest BCUT2D eigenvalue weighted by atomic mass is 9.80. The van der Waals surface area contributed by atoms with Crippen molar-refractivity contribution in [3.8, 4) is 5.75 Å². The van der Waals surface area contributed by atoms with E-state index in [9.17, 15) is 44.6 Å². The first-order valence-electron chi connectivity index (χ1n) is 8.37. The number of ether oxygens (including phenoxy) is 1. The molecule has 1 aromatic carbocycles. The molecule has 0 aliphatic heterocycles. The Labute approximate surface area is 160 Å². The van der Waals surface area contributed by atoms with Gasteiger partial charge in [0.15, 0.2) is 0 Å². The zero-order valence-corrected chi connectivity index (χ0v) is 15.8. The fourth-order valence-corrected chi connectivity index (χ4v) is 3.21. The van der Waals surface area contributed by atoms with Gasteiger partial charge in [0.05, 0.1) is 5.60 Å². The van der Waals surface area contributed by atoms with E-state index in [1.165, 1.54) is 39.0 Å². The van der Waals surface area contributed by atoms with Gasteiger partial charge in [0.1, 0.15) is 11.4 Å². The first-order chi connectivity index (χ1) is 12.7. The summed E-state index contributed by atoms with van der Waals surface area (Å²) in [6.07, 6.45) is -2.45. The first kappa shape index (κ1) is 23.6. The molecule has 29 heavy (non-hydrogen) atoms. The Hall–Kier alpha value is -1.65. The van der Waals surface area contributed by atoms with Crippen molar-refractivity contribution in [1.29, 1.82) is 0 Å². The van der Waals surface area contributed by atoms with Crippen LogP contribution in [0.25, 0.3) is 0 Å². The van der Waals surface area contributed by atoms with E-state index in [1.54, 1.807) is 0 Å². The minimum Gasteiger partial charge on any atom is -0.488 e. The van der Waals surface area contributed by atoms with Gasteiger partial charge in [-0.15, -0.1) is 0 Å². The zero-order valence-electron chi connectivity index (χ0n) is 15.8. The fraction of sp³-hybridized carbons (Fsp3) is 0.667. The highest BCUT2D eigenvalue weighted by Gasteiger charge is 3.00. The van der Waals surface area contributed by atoms with E-state index in [0.717, 1.165) is 6.07 Å². The Bertz CT molecular complexity index is 756. The summed E-state index contributed by atoms with van der Waals surface area (Å²) in [4.78, 5) is 0. The third-order valence-electron chi connectivity index (χ3n) is 4.65. The first-order valence-corrected chi connectivity index (χ1v) is 8.37. The van der Waals surface area contributed by atoms with Crippen LogP contribution in [0.2, 0.25) is 0 Å². The average Bonchev–Trinajstić information content (AvgIpc) is 2.56. The molecule has 1 fully saturated rings. The van der Waals surface area contributed by atoms with Crippen LogP contribution < -0.4 is 4.74 Å². The number of benzene rings is 1. The highest BCUT2D eigenvalue weighted by Crippen LogP contribution is 2.71. The minimum absolute atomic E-state index is 0.253. The minimum atomic E-state index is -6.68. The maximum Gasteiger partial charge on any atom is 0.381 e. The van der Waals surface area contributed by atoms with Crippen LogP contribution in [0, 0.1) is 0 Å². The van der Waals surface area contributed by atoms with Crippen molar-refractivity contribution in [2.24, 2.45) is 0 Å². The van der Waals surface area contributed by atoms with Crippen LogP contribution >= 0.6 is 0 Å². The number of para-hydroxylation sites is 1. The van der Waals surface area contributed by atoms with E-state index in [2.05, 4.69) is 0 Å². The van der Waals surface area contributed by atoms with Crippen LogP contribution in [0.1, 0.15) is 39.7 Å². The summed E-state index contributed by atoms with van der Waals surface area (Å²) in [5.74, 6) is -26.6. The van der Waals surface area contributed by atoms with Crippen LogP contribution in [0.3, 0.4) is 0 Å². The monoisotopic (exact) mass is 438 g/mol. The lowest BCUT2D eigenvalue weighted by Crippen LogP contribution is -2.57. The maximum absolute atomic E-state index is 14.8. The van der Waals surface area contributed by atoms with Gasteiger partial charge in [0.2, 0.25) is 0 Å². The molecule has 166 valence electrons. The second kappa shape index (κ2) is 6.18. The van der Waals surface area contributed by atoms with Crippen molar-refractivity contribution in [3.63, 3.8) is 0 Å². The van der Waals surface area contributed by atoms with E-state index in [-0.39, 0.29) is 5.75 Å². The van der Waals surface area contributed by atoms with E-state index in [1.807, 2.05) is 0 Å². The Kier molecular flexibility index (Phi) is 5.03. The fourth-order valence-electron chi connectivity index (χ4n) is 3.21. The Morgan fingerprint density at radius 3 is 1.59 bits per heavy atom. The van der Waals surface area contributed by atoms with Crippen molar-refractivity contribution in [1.82, 2.24) is 0 Å². The molecule has 0 amide bonds. The number of aliphatic hydroxyl groups is 1. The molecule has 1 unspecified atom stereocenters. The molecule has 0 saturated heterocycles. The van der Waals surface area contributed by atoms with Gasteiger partial charge in [0, 0.05) is 12.0 Å². The van der Waals surface area contributed by atoms with E-state index >= 15 is 0 Å². The highest BCUT2D eigenvalue weighted by molar-refractivity contribution is 5.39. The number of halogens is 9. The summed E-state index contributed by atoms with van der Waals surface area (Å²) < 4.78 is 130. The molecule has 2 nitrogen and oxygen atoms in total. The van der Waals surface area contributed by atoms with Crippen molar-refractivity contribution < 1.29 is 49.4 Å². The highest BCUT2D eigenvalue weighted by atomic mass is 19.4. The molecule has 1 N–H and O–H groups in total. The van der Waals surface area contributed by atoms with E-state index in [0.29, 0.717) is 6.92 Å². The largest absolute Gasteiger partial charge is 0.488 e. The van der Waals surface area contributed by atoms with Crippen LogP contribution in [0.15, 0.2) is 24.3 Å². The molecular weight excluding hydrogens is 419 g/mol. The van der Waals surface area contributed by atoms with Gasteiger partial charge in [0.25, 0.3) is 5.67 Å². The second-order valence-electron chi connectivity index (χ2n) is 8.26. The molecule has 0 bridgehead atoms. The summed E-state index contributed by atoms with van der Waals surface area (Å²) in [5.41, 5.74) is -10.2. The SMILES string of the molecule is CC(C)(C)Oc1ccccc1C(C)(O)CC1(F)C(F)(F)C(F)(F)C(F)(F)C1(F)F. The second-order valence-corrected chi connectivity index (χ2v) is 8.26. The van der Waals surface area contributed by atoms with Crippen molar-refractivity contribution in [2.45, 2.75) is 74.7 Å². The van der Waals surface area contributed by atoms with Gasteiger partial charge in [-0.3, -0.25) is 0 Å². The number of alkyl halides is 9. The molecule has 1 atom stereocenters. The van der Waals surface area contributed by atoms with Gasteiger partial charge >= 0.3 is 23.7 Å². The summed E-state index contributed by atoms with van der Waals surface area (Å²) >= 11 is 0. The topological polar surface area (TPSA) is 29.5 Å². The lowest BCUT2D eigenvalue weighted by molar-refractivity contribution is -0.303. The van der Waals surface area contributed by atoms with Crippen molar-refractivity contribution in [3.05, 3.63) is 29.8 Å². The van der Waals surface area contributed by atoms with Crippen LogP contribution in [0.5, 0.6) is 5.75 Å². The van der Waals surface area contributed by atoms with Gasteiger partial charge in [-0.1, -0.05) is 18.2 Å². The molecule has 1 aromatic rings. The molecule has 2 rings (SSSR count). The predicted octanol–water partition coefficient (Wildman–Crippen LogP) is 5.72. The van der Waals surface area contributed by atoms with Gasteiger partial charge < -0.3 is 9.84 Å². The number of hydrogen-bond acceptors (Lipinski definition) is 2. The van der Waals surface area contributed by atoms with Crippen LogP contribution in [-0.4, -0.2) is 40.1 Å². The lowest BCUT2D eigenvalue weighted by Gasteiger charge is -2.37. The molecule has 1 aliphatic carbocycles. The van der Waals surface area contributed by atoms with Crippen molar-refractivity contribution in [2.75, 3.05) is 0 Å². The normalized spacial score (nSPS) is 26.0. The van der Waals surface area contributed by atoms with Gasteiger partial charge in [-0.2, -0.15) is 35.1 Å². The van der Waals surface area contributed by atoms with Crippen molar-refractivity contribution >= 4 is 0 Å². The molecule has 1 saturated carbocycles. The Morgan fingerprint density at radius 2 is 1.17 bits per heavy atom. The third-order valence-corrected chi connectivity index (χ3v) is 4.65. The van der Waals surface area contributed by atoms with Crippen LogP contribution in [-0.2, 0) is 5.60 Å². The Balaban J connectivity index is 2.61. The standard InChI is InChI=1S/C18H19F9O2/c1-12(2,3)29-11-8-6-5-7-10(11)13(4,28)9-14(19)15(20,21)17(24,25)18(26,27)16(14,22)23/h5-8,28H,9H2,1-4H3.